The molecule has 0 aliphatic heterocycles. The Morgan fingerprint density at radius 3 is 2.11 bits per heavy atom. The van der Waals surface area contributed by atoms with Gasteiger partial charge in [0.1, 0.15) is 0 Å². The molecule has 0 saturated heterocycles. The molecule has 0 aromatic heterocycles. The van der Waals surface area contributed by atoms with Crippen molar-refractivity contribution >= 4 is 21.4 Å². The van der Waals surface area contributed by atoms with Gasteiger partial charge in [0.15, 0.2) is 9.84 Å². The molecule has 0 rings (SSSR count). The van der Waals surface area contributed by atoms with Crippen molar-refractivity contribution in [1.82, 2.24) is 5.32 Å². The van der Waals surface area contributed by atoms with Crippen LogP contribution in [0.4, 0.5) is 0 Å². The molecule has 0 bridgehead atoms. The van der Waals surface area contributed by atoms with Gasteiger partial charge in [-0.05, 0) is 39.0 Å². The normalized spacial score (nSPS) is 13.9. The summed E-state index contributed by atoms with van der Waals surface area (Å²) in [6, 6.07) is 0. The minimum absolute atomic E-state index is 0.167. The lowest BCUT2D eigenvalue weighted by Crippen LogP contribution is -2.37. The average Bonchev–Trinajstić information content (AvgIpc) is 2.20. The number of alkyl halides is 1. The summed E-state index contributed by atoms with van der Waals surface area (Å²) in [5.74, 6) is 0.879. The van der Waals surface area contributed by atoms with E-state index in [0.29, 0.717) is 12.4 Å². The second-order valence-electron chi connectivity index (χ2n) is 6.56. The highest BCUT2D eigenvalue weighted by atomic mass is 35.5. The molecule has 0 aliphatic carbocycles. The highest BCUT2D eigenvalue weighted by Gasteiger charge is 2.28. The third kappa shape index (κ3) is 6.95. The maximum absolute atomic E-state index is 11.9. The van der Waals surface area contributed by atoms with Crippen LogP contribution in [-0.2, 0) is 9.84 Å². The van der Waals surface area contributed by atoms with Crippen LogP contribution in [0.25, 0.3) is 0 Å². The lowest BCUT2D eigenvalue weighted by Gasteiger charge is -2.25. The first-order chi connectivity index (χ1) is 8.02. The summed E-state index contributed by atoms with van der Waals surface area (Å²) in [7, 11) is -3.02. The number of nitrogens with one attached hydrogen (secondary N) is 1. The van der Waals surface area contributed by atoms with Gasteiger partial charge < -0.3 is 5.32 Å². The summed E-state index contributed by atoms with van der Waals surface area (Å²) < 4.78 is 23.1. The first-order valence-corrected chi connectivity index (χ1v) is 8.69. The third-order valence-corrected chi connectivity index (χ3v) is 5.95. The van der Waals surface area contributed by atoms with E-state index in [1.165, 1.54) is 0 Å². The standard InChI is InChI=1S/C13H28ClNO2S/c1-12(2,3)18(16,17)10-9-15-11-13(4,5)7-6-8-14/h15H,6-11H2,1-5H3. The Bertz CT molecular complexity index is 331. The number of halogens is 1. The molecular weight excluding hydrogens is 270 g/mol. The van der Waals surface area contributed by atoms with Gasteiger partial charge in [-0.3, -0.25) is 0 Å². The van der Waals surface area contributed by atoms with Gasteiger partial charge in [0, 0.05) is 19.0 Å². The van der Waals surface area contributed by atoms with Crippen LogP contribution in [0.2, 0.25) is 0 Å². The summed E-state index contributed by atoms with van der Waals surface area (Å²) in [4.78, 5) is 0. The predicted octanol–water partition coefficient (Wildman–Crippen LogP) is 2.83. The van der Waals surface area contributed by atoms with E-state index in [0.717, 1.165) is 19.4 Å². The quantitative estimate of drug-likeness (QED) is 0.553. The molecule has 0 saturated carbocycles. The molecule has 0 fully saturated rings. The molecule has 1 N–H and O–H groups in total. The minimum Gasteiger partial charge on any atom is -0.315 e. The van der Waals surface area contributed by atoms with E-state index >= 15 is 0 Å². The summed E-state index contributed by atoms with van der Waals surface area (Å²) >= 11 is 5.68. The van der Waals surface area contributed by atoms with E-state index in [9.17, 15) is 8.42 Å². The van der Waals surface area contributed by atoms with Crippen molar-refractivity contribution in [3.8, 4) is 0 Å². The van der Waals surface area contributed by atoms with E-state index in [-0.39, 0.29) is 11.2 Å². The fraction of sp³-hybridized carbons (Fsp3) is 1.00. The van der Waals surface area contributed by atoms with Crippen LogP contribution in [0.3, 0.4) is 0 Å². The van der Waals surface area contributed by atoms with Crippen molar-refractivity contribution in [2.24, 2.45) is 5.41 Å². The number of sulfone groups is 1. The molecule has 0 aromatic rings. The third-order valence-electron chi connectivity index (χ3n) is 3.07. The highest BCUT2D eigenvalue weighted by Crippen LogP contribution is 2.21. The van der Waals surface area contributed by atoms with E-state index in [1.54, 1.807) is 20.8 Å². The molecule has 0 aromatic carbocycles. The zero-order chi connectivity index (χ0) is 14.4. The molecule has 18 heavy (non-hydrogen) atoms. The Morgan fingerprint density at radius 1 is 1.11 bits per heavy atom. The molecule has 0 heterocycles. The first-order valence-electron chi connectivity index (χ1n) is 6.51. The molecular formula is C13H28ClNO2S. The molecule has 3 nitrogen and oxygen atoms in total. The maximum atomic E-state index is 11.9. The average molecular weight is 298 g/mol. The summed E-state index contributed by atoms with van der Waals surface area (Å²) in [5, 5.41) is 3.24. The van der Waals surface area contributed by atoms with Crippen molar-refractivity contribution < 1.29 is 8.42 Å². The second kappa shape index (κ2) is 7.11. The van der Waals surface area contributed by atoms with Crippen LogP contribution in [0.5, 0.6) is 0 Å². The number of rotatable bonds is 8. The maximum Gasteiger partial charge on any atom is 0.156 e. The van der Waals surface area contributed by atoms with Gasteiger partial charge in [-0.1, -0.05) is 13.8 Å². The van der Waals surface area contributed by atoms with Gasteiger partial charge in [0.2, 0.25) is 0 Å². The van der Waals surface area contributed by atoms with Crippen LogP contribution in [0.1, 0.15) is 47.5 Å². The van der Waals surface area contributed by atoms with Gasteiger partial charge in [-0.2, -0.15) is 0 Å². The Balaban J connectivity index is 4.01. The fourth-order valence-electron chi connectivity index (χ4n) is 1.57. The van der Waals surface area contributed by atoms with Crippen LogP contribution in [0.15, 0.2) is 0 Å². The van der Waals surface area contributed by atoms with Crippen LogP contribution in [-0.4, -0.2) is 37.9 Å². The molecule has 0 unspecified atom stereocenters. The van der Waals surface area contributed by atoms with Gasteiger partial charge in [-0.15, -0.1) is 11.6 Å². The van der Waals surface area contributed by atoms with Crippen LogP contribution in [0, 0.1) is 5.41 Å². The van der Waals surface area contributed by atoms with Crippen molar-refractivity contribution in [2.75, 3.05) is 24.7 Å². The largest absolute Gasteiger partial charge is 0.315 e. The van der Waals surface area contributed by atoms with Gasteiger partial charge in [-0.25, -0.2) is 8.42 Å². The van der Waals surface area contributed by atoms with Crippen molar-refractivity contribution in [1.29, 1.82) is 0 Å². The van der Waals surface area contributed by atoms with Crippen molar-refractivity contribution in [2.45, 2.75) is 52.2 Å². The molecule has 5 heteroatoms. The van der Waals surface area contributed by atoms with Gasteiger partial charge in [0.25, 0.3) is 0 Å². The van der Waals surface area contributed by atoms with E-state index in [1.807, 2.05) is 0 Å². The molecule has 0 spiro atoms. The molecule has 0 amide bonds. The van der Waals surface area contributed by atoms with E-state index in [4.69, 9.17) is 11.6 Å². The SMILES string of the molecule is CC(C)(CCCCl)CNCCS(=O)(=O)C(C)(C)C. The lowest BCUT2D eigenvalue weighted by atomic mass is 9.88. The van der Waals surface area contributed by atoms with E-state index in [2.05, 4.69) is 19.2 Å². The predicted molar refractivity (Wildman–Crippen MR) is 80.1 cm³/mol. The monoisotopic (exact) mass is 297 g/mol. The molecule has 110 valence electrons. The smallest absolute Gasteiger partial charge is 0.156 e. The topological polar surface area (TPSA) is 46.2 Å². The Kier molecular flexibility index (Phi) is 7.19. The van der Waals surface area contributed by atoms with Crippen LogP contribution >= 0.6 is 11.6 Å². The lowest BCUT2D eigenvalue weighted by molar-refractivity contribution is 0.315. The Morgan fingerprint density at radius 2 is 1.67 bits per heavy atom. The molecule has 0 radical (unpaired) electrons. The number of hydrogen-bond acceptors (Lipinski definition) is 3. The van der Waals surface area contributed by atoms with Crippen LogP contribution < -0.4 is 5.32 Å². The zero-order valence-electron chi connectivity index (χ0n) is 12.3. The first kappa shape index (κ1) is 18.2. The van der Waals surface area contributed by atoms with Crippen molar-refractivity contribution in [3.63, 3.8) is 0 Å². The van der Waals surface area contributed by atoms with Gasteiger partial charge in [0.05, 0.1) is 10.5 Å². The summed E-state index contributed by atoms with van der Waals surface area (Å²) in [5.41, 5.74) is 0.167. The minimum atomic E-state index is -3.02. The van der Waals surface area contributed by atoms with E-state index < -0.39 is 14.6 Å². The van der Waals surface area contributed by atoms with Crippen molar-refractivity contribution in [3.05, 3.63) is 0 Å². The number of hydrogen-bond donors (Lipinski definition) is 1. The second-order valence-corrected chi connectivity index (χ2v) is 9.81. The molecule has 0 aliphatic rings. The highest BCUT2D eigenvalue weighted by molar-refractivity contribution is 7.92. The fourth-order valence-corrected chi connectivity index (χ4v) is 2.73. The Hall–Kier alpha value is 0.200. The summed E-state index contributed by atoms with van der Waals surface area (Å²) in [6.07, 6.45) is 2.05. The Labute approximate surface area is 118 Å². The van der Waals surface area contributed by atoms with Gasteiger partial charge >= 0.3 is 0 Å². The summed E-state index contributed by atoms with van der Waals surface area (Å²) in [6.45, 7) is 10.9. The molecule has 0 atom stereocenters. The zero-order valence-corrected chi connectivity index (χ0v) is 13.9.